The monoisotopic (exact) mass is 498 g/mol. The van der Waals surface area contributed by atoms with Gasteiger partial charge < -0.3 is 14.6 Å². The molecule has 3 heterocycles. The summed E-state index contributed by atoms with van der Waals surface area (Å²) in [5.74, 6) is 1.64. The number of nitrogens with zero attached hydrogens (tertiary/aromatic N) is 5. The molecule has 2 aromatic carbocycles. The summed E-state index contributed by atoms with van der Waals surface area (Å²) in [6.07, 6.45) is 1.97. The zero-order valence-electron chi connectivity index (χ0n) is 18.5. The van der Waals surface area contributed by atoms with Gasteiger partial charge in [0, 0.05) is 12.1 Å². The number of rotatable bonds is 7. The Labute approximate surface area is 205 Å². The fourth-order valence-corrected chi connectivity index (χ4v) is 5.01. The van der Waals surface area contributed by atoms with Crippen LogP contribution in [0.5, 0.6) is 5.75 Å². The van der Waals surface area contributed by atoms with Gasteiger partial charge >= 0.3 is 0 Å². The minimum atomic E-state index is -0.294. The molecule has 0 saturated carbocycles. The maximum atomic E-state index is 13.2. The van der Waals surface area contributed by atoms with Crippen molar-refractivity contribution in [1.29, 1.82) is 0 Å². The smallest absolute Gasteiger partial charge is 0.231 e. The molecule has 1 N–H and O–H groups in total. The number of anilines is 2. The van der Waals surface area contributed by atoms with Crippen LogP contribution in [0.3, 0.4) is 0 Å². The van der Waals surface area contributed by atoms with Gasteiger partial charge in [-0.15, -0.1) is 5.10 Å². The maximum absolute atomic E-state index is 13.2. The zero-order chi connectivity index (χ0) is 23.5. The second-order valence-corrected chi connectivity index (χ2v) is 9.64. The topological polar surface area (TPSA) is 81.2 Å². The second-order valence-electron chi connectivity index (χ2n) is 8.02. The van der Waals surface area contributed by atoms with E-state index in [4.69, 9.17) is 21.5 Å². The Morgan fingerprint density at radius 2 is 2.06 bits per heavy atom. The van der Waals surface area contributed by atoms with Gasteiger partial charge in [-0.3, -0.25) is 4.90 Å². The number of likely N-dealkylation sites (tertiary alicyclic amines) is 1. The molecule has 0 amide bonds. The molecule has 1 unspecified atom stereocenters. The van der Waals surface area contributed by atoms with Crippen LogP contribution in [0.2, 0.25) is 0 Å². The molecule has 11 heteroatoms. The third-order valence-electron chi connectivity index (χ3n) is 5.69. The Kier molecular flexibility index (Phi) is 6.66. The van der Waals surface area contributed by atoms with E-state index in [1.165, 1.54) is 23.5 Å². The molecule has 176 valence electrons. The molecule has 1 saturated heterocycles. The molecular formula is C23H23FN6O2S2. The van der Waals surface area contributed by atoms with Crippen molar-refractivity contribution >= 4 is 34.4 Å². The van der Waals surface area contributed by atoms with Crippen molar-refractivity contribution in [3.8, 4) is 17.1 Å². The molecular weight excluding hydrogens is 475 g/mol. The van der Waals surface area contributed by atoms with Gasteiger partial charge in [0.05, 0.1) is 25.4 Å². The van der Waals surface area contributed by atoms with Crippen molar-refractivity contribution in [2.75, 3.05) is 25.5 Å². The average Bonchev–Trinajstić information content (AvgIpc) is 3.47. The van der Waals surface area contributed by atoms with Gasteiger partial charge in [0.15, 0.2) is 3.95 Å². The first-order valence-electron chi connectivity index (χ1n) is 10.9. The molecule has 0 radical (unpaired) electrons. The summed E-state index contributed by atoms with van der Waals surface area (Å²) in [6.45, 7) is 2.28. The summed E-state index contributed by atoms with van der Waals surface area (Å²) in [7, 11) is 1.64. The third-order valence-corrected chi connectivity index (χ3v) is 6.91. The molecule has 4 aromatic rings. The highest BCUT2D eigenvalue weighted by atomic mass is 32.1. The Hall–Kier alpha value is -3.15. The lowest BCUT2D eigenvalue weighted by molar-refractivity contribution is 0.144. The Morgan fingerprint density at radius 3 is 2.88 bits per heavy atom. The maximum Gasteiger partial charge on any atom is 0.231 e. The van der Waals surface area contributed by atoms with E-state index in [1.54, 1.807) is 19.2 Å². The third kappa shape index (κ3) is 5.01. The van der Waals surface area contributed by atoms with Gasteiger partial charge in [0.25, 0.3) is 0 Å². The van der Waals surface area contributed by atoms with Gasteiger partial charge in [-0.05, 0) is 68.0 Å². The first kappa shape index (κ1) is 22.6. The largest absolute Gasteiger partial charge is 0.495 e. The number of halogens is 1. The first-order valence-corrected chi connectivity index (χ1v) is 12.1. The number of para-hydroxylation sites is 2. The van der Waals surface area contributed by atoms with E-state index in [2.05, 4.69) is 25.5 Å². The van der Waals surface area contributed by atoms with E-state index in [0.717, 1.165) is 42.9 Å². The molecule has 1 atom stereocenters. The lowest BCUT2D eigenvalue weighted by Gasteiger charge is -2.30. The first-order chi connectivity index (χ1) is 16.6. The van der Waals surface area contributed by atoms with Crippen molar-refractivity contribution in [3.05, 3.63) is 64.2 Å². The number of hydrogen-bond acceptors (Lipinski definition) is 9. The molecule has 0 aliphatic carbocycles. The van der Waals surface area contributed by atoms with Crippen molar-refractivity contribution in [3.63, 3.8) is 0 Å². The number of hydrogen-bond donors (Lipinski definition) is 1. The second kappa shape index (κ2) is 10.00. The van der Waals surface area contributed by atoms with Crippen LogP contribution in [-0.2, 0) is 6.67 Å². The predicted molar refractivity (Wildman–Crippen MR) is 130 cm³/mol. The minimum Gasteiger partial charge on any atom is -0.495 e. The highest BCUT2D eigenvalue weighted by Crippen LogP contribution is 2.30. The number of methoxy groups -OCH3 is 1. The molecule has 1 aliphatic heterocycles. The van der Waals surface area contributed by atoms with E-state index in [0.29, 0.717) is 27.5 Å². The lowest BCUT2D eigenvalue weighted by Crippen LogP contribution is -2.36. The van der Waals surface area contributed by atoms with Crippen LogP contribution < -0.4 is 10.1 Å². The Balaban J connectivity index is 1.25. The SMILES string of the molecule is COc1ccccc1Nc1nn(CN2CCCC(c3nc(-c4ccc(F)cc4)no3)C2)c(=S)s1. The van der Waals surface area contributed by atoms with Gasteiger partial charge in [-0.2, -0.15) is 4.98 Å². The summed E-state index contributed by atoms with van der Waals surface area (Å²) in [5, 5.41) is 12.8. The normalized spacial score (nSPS) is 16.5. The van der Waals surface area contributed by atoms with E-state index < -0.39 is 0 Å². The number of benzene rings is 2. The van der Waals surface area contributed by atoms with Gasteiger partial charge in [0.2, 0.25) is 16.8 Å². The average molecular weight is 499 g/mol. The van der Waals surface area contributed by atoms with Crippen LogP contribution in [0.15, 0.2) is 53.1 Å². The highest BCUT2D eigenvalue weighted by molar-refractivity contribution is 7.73. The van der Waals surface area contributed by atoms with E-state index >= 15 is 0 Å². The van der Waals surface area contributed by atoms with Crippen LogP contribution in [0, 0.1) is 9.77 Å². The van der Waals surface area contributed by atoms with E-state index in [1.807, 2.05) is 28.9 Å². The van der Waals surface area contributed by atoms with E-state index in [-0.39, 0.29) is 11.7 Å². The van der Waals surface area contributed by atoms with Crippen molar-refractivity contribution in [1.82, 2.24) is 24.8 Å². The number of ether oxygens (including phenoxy) is 1. The van der Waals surface area contributed by atoms with Crippen molar-refractivity contribution < 1.29 is 13.7 Å². The standard InChI is InChI=1S/C23H23FN6O2S2/c1-31-19-7-3-2-6-18(19)25-22-27-30(23(33)34-22)14-29-12-4-5-16(13-29)21-26-20(28-32-21)15-8-10-17(24)11-9-15/h2-3,6-11,16H,4-5,12-14H2,1H3,(H,25,27). The predicted octanol–water partition coefficient (Wildman–Crippen LogP) is 5.45. The summed E-state index contributed by atoms with van der Waals surface area (Å²) >= 11 is 6.98. The molecule has 8 nitrogen and oxygen atoms in total. The van der Waals surface area contributed by atoms with Crippen LogP contribution in [0.1, 0.15) is 24.7 Å². The van der Waals surface area contributed by atoms with Gasteiger partial charge in [0.1, 0.15) is 11.6 Å². The van der Waals surface area contributed by atoms with Crippen LogP contribution in [0.25, 0.3) is 11.4 Å². The number of aromatic nitrogens is 4. The summed E-state index contributed by atoms with van der Waals surface area (Å²) in [6, 6.07) is 13.8. The molecule has 5 rings (SSSR count). The molecule has 1 aliphatic rings. The molecule has 2 aromatic heterocycles. The quantitative estimate of drug-likeness (QED) is 0.337. The summed E-state index contributed by atoms with van der Waals surface area (Å²) < 4.78 is 26.7. The molecule has 34 heavy (non-hydrogen) atoms. The van der Waals surface area contributed by atoms with Crippen LogP contribution in [-0.4, -0.2) is 45.0 Å². The fourth-order valence-electron chi connectivity index (χ4n) is 4.00. The number of nitrogens with one attached hydrogen (secondary N) is 1. The molecule has 0 bridgehead atoms. The zero-order valence-corrected chi connectivity index (χ0v) is 20.1. The molecule has 1 fully saturated rings. The Bertz CT molecular complexity index is 1320. The minimum absolute atomic E-state index is 0.120. The van der Waals surface area contributed by atoms with Crippen LogP contribution >= 0.6 is 23.6 Å². The van der Waals surface area contributed by atoms with Gasteiger partial charge in [-0.1, -0.05) is 28.6 Å². The Morgan fingerprint density at radius 1 is 1.24 bits per heavy atom. The van der Waals surface area contributed by atoms with Crippen molar-refractivity contribution in [2.24, 2.45) is 0 Å². The van der Waals surface area contributed by atoms with Crippen molar-refractivity contribution in [2.45, 2.75) is 25.4 Å². The van der Waals surface area contributed by atoms with E-state index in [9.17, 15) is 4.39 Å². The summed E-state index contributed by atoms with van der Waals surface area (Å²) in [5.41, 5.74) is 1.57. The summed E-state index contributed by atoms with van der Waals surface area (Å²) in [4.78, 5) is 6.86. The molecule has 0 spiro atoms. The lowest BCUT2D eigenvalue weighted by atomic mass is 9.98. The fraction of sp³-hybridized carbons (Fsp3) is 0.304. The van der Waals surface area contributed by atoms with Crippen LogP contribution in [0.4, 0.5) is 15.2 Å². The van der Waals surface area contributed by atoms with Gasteiger partial charge in [-0.25, -0.2) is 9.07 Å². The highest BCUT2D eigenvalue weighted by Gasteiger charge is 2.27. The number of piperidine rings is 1.